The van der Waals surface area contributed by atoms with Gasteiger partial charge in [-0.3, -0.25) is 0 Å². The number of aliphatic hydroxyl groups is 2. The fraction of sp³-hybridized carbons (Fsp3) is 0.714. The lowest BCUT2D eigenvalue weighted by Gasteiger charge is -2.39. The Morgan fingerprint density at radius 2 is 1.69 bits per heavy atom. The molecule has 1 unspecified atom stereocenters. The van der Waals surface area contributed by atoms with Crippen molar-refractivity contribution in [3.63, 3.8) is 0 Å². The average molecular weight is 224 g/mol. The van der Waals surface area contributed by atoms with Crippen LogP contribution in [0.1, 0.15) is 40.5 Å². The van der Waals surface area contributed by atoms with Gasteiger partial charge >= 0.3 is 0 Å². The molecule has 0 amide bonds. The molecular weight excluding hydrogens is 200 g/mol. The quantitative estimate of drug-likeness (QED) is 0.768. The predicted molar refractivity (Wildman–Crippen MR) is 67.2 cm³/mol. The van der Waals surface area contributed by atoms with Crippen molar-refractivity contribution in [1.29, 1.82) is 0 Å². The summed E-state index contributed by atoms with van der Waals surface area (Å²) in [5, 5.41) is 19.8. The molecule has 0 fully saturated rings. The maximum absolute atomic E-state index is 10.2. The lowest BCUT2D eigenvalue weighted by molar-refractivity contribution is 0.0582. The van der Waals surface area contributed by atoms with Gasteiger partial charge in [0.05, 0.1) is 6.10 Å². The molecule has 16 heavy (non-hydrogen) atoms. The first-order valence-corrected chi connectivity index (χ1v) is 6.14. The van der Waals surface area contributed by atoms with E-state index in [1.165, 1.54) is 0 Å². The SMILES string of the molecule is CC(C)CC1(CC(C)C)C=C(O)C=CC1O. The van der Waals surface area contributed by atoms with Crippen LogP contribution in [0.15, 0.2) is 24.0 Å². The molecule has 0 saturated carbocycles. The van der Waals surface area contributed by atoms with Crippen LogP contribution in [0.3, 0.4) is 0 Å². The van der Waals surface area contributed by atoms with Crippen LogP contribution in [0.25, 0.3) is 0 Å². The predicted octanol–water partition coefficient (Wildman–Crippen LogP) is 3.44. The van der Waals surface area contributed by atoms with E-state index >= 15 is 0 Å². The van der Waals surface area contributed by atoms with Crippen molar-refractivity contribution in [3.05, 3.63) is 24.0 Å². The van der Waals surface area contributed by atoms with Crippen LogP contribution < -0.4 is 0 Å². The van der Waals surface area contributed by atoms with Gasteiger partial charge in [0.15, 0.2) is 0 Å². The lowest BCUT2D eigenvalue weighted by atomic mass is 9.68. The van der Waals surface area contributed by atoms with Gasteiger partial charge in [0.25, 0.3) is 0 Å². The Hall–Kier alpha value is -0.760. The second-order valence-corrected chi connectivity index (χ2v) is 5.80. The molecule has 1 atom stereocenters. The highest BCUT2D eigenvalue weighted by molar-refractivity contribution is 5.25. The van der Waals surface area contributed by atoms with Gasteiger partial charge in [0, 0.05) is 5.41 Å². The molecule has 92 valence electrons. The Kier molecular flexibility index (Phi) is 4.20. The van der Waals surface area contributed by atoms with Crippen LogP contribution in [0, 0.1) is 17.3 Å². The summed E-state index contributed by atoms with van der Waals surface area (Å²) in [4.78, 5) is 0. The molecule has 1 aliphatic carbocycles. The van der Waals surface area contributed by atoms with E-state index < -0.39 is 6.10 Å². The molecule has 0 aliphatic heterocycles. The molecule has 0 aromatic rings. The van der Waals surface area contributed by atoms with Crippen LogP contribution in [0.2, 0.25) is 0 Å². The van der Waals surface area contributed by atoms with Crippen LogP contribution in [-0.4, -0.2) is 16.3 Å². The minimum atomic E-state index is -0.479. The van der Waals surface area contributed by atoms with Crippen LogP contribution >= 0.6 is 0 Å². The highest BCUT2D eigenvalue weighted by Crippen LogP contribution is 2.41. The summed E-state index contributed by atoms with van der Waals surface area (Å²) < 4.78 is 0. The number of aliphatic hydroxyl groups excluding tert-OH is 2. The van der Waals surface area contributed by atoms with E-state index in [1.807, 2.05) is 6.08 Å². The van der Waals surface area contributed by atoms with Gasteiger partial charge in [-0.2, -0.15) is 0 Å². The first-order chi connectivity index (χ1) is 7.35. The molecular formula is C14H24O2. The topological polar surface area (TPSA) is 40.5 Å². The molecule has 2 nitrogen and oxygen atoms in total. The molecule has 2 N–H and O–H groups in total. The van der Waals surface area contributed by atoms with Crippen molar-refractivity contribution in [2.45, 2.75) is 46.6 Å². The molecule has 0 aromatic carbocycles. The van der Waals surface area contributed by atoms with Crippen molar-refractivity contribution in [2.75, 3.05) is 0 Å². The zero-order valence-electron chi connectivity index (χ0n) is 10.8. The second kappa shape index (κ2) is 5.05. The number of hydrogen-bond acceptors (Lipinski definition) is 2. The van der Waals surface area contributed by atoms with E-state index in [9.17, 15) is 10.2 Å². The molecule has 1 rings (SSSR count). The first-order valence-electron chi connectivity index (χ1n) is 6.14. The standard InChI is InChI=1S/C14H24O2/c1-10(2)7-14(8-11(3)4)9-12(15)5-6-13(14)16/h5-6,9-11,13,15-16H,7-8H2,1-4H3. The van der Waals surface area contributed by atoms with Gasteiger partial charge in [-0.05, 0) is 36.8 Å². The molecule has 2 heteroatoms. The summed E-state index contributed by atoms with van der Waals surface area (Å²) in [5.74, 6) is 1.29. The number of allylic oxidation sites excluding steroid dienone is 1. The summed E-state index contributed by atoms with van der Waals surface area (Å²) in [6.45, 7) is 8.60. The van der Waals surface area contributed by atoms with E-state index in [0.717, 1.165) is 12.8 Å². The summed E-state index contributed by atoms with van der Waals surface area (Å²) >= 11 is 0. The second-order valence-electron chi connectivity index (χ2n) is 5.80. The molecule has 0 aromatic heterocycles. The fourth-order valence-corrected chi connectivity index (χ4v) is 2.77. The summed E-state index contributed by atoms with van der Waals surface area (Å²) in [7, 11) is 0. The molecule has 0 spiro atoms. The third-order valence-electron chi connectivity index (χ3n) is 3.05. The zero-order valence-corrected chi connectivity index (χ0v) is 10.8. The molecule has 0 bridgehead atoms. The van der Waals surface area contributed by atoms with Gasteiger partial charge in [-0.1, -0.05) is 33.8 Å². The molecule has 0 radical (unpaired) electrons. The third-order valence-corrected chi connectivity index (χ3v) is 3.05. The van der Waals surface area contributed by atoms with E-state index in [1.54, 1.807) is 12.2 Å². The highest BCUT2D eigenvalue weighted by Gasteiger charge is 2.37. The van der Waals surface area contributed by atoms with Gasteiger partial charge in [0.1, 0.15) is 5.76 Å². The van der Waals surface area contributed by atoms with Crippen LogP contribution in [0.4, 0.5) is 0 Å². The summed E-state index contributed by atoms with van der Waals surface area (Å²) in [6.07, 6.45) is 6.47. The minimum absolute atomic E-state index is 0.284. The fourth-order valence-electron chi connectivity index (χ4n) is 2.77. The normalized spacial score (nSPS) is 23.9. The Labute approximate surface area is 98.7 Å². The lowest BCUT2D eigenvalue weighted by Crippen LogP contribution is -2.36. The molecule has 1 aliphatic rings. The van der Waals surface area contributed by atoms with Gasteiger partial charge in [0.2, 0.25) is 0 Å². The first kappa shape index (κ1) is 13.3. The van der Waals surface area contributed by atoms with Crippen LogP contribution in [0.5, 0.6) is 0 Å². The number of hydrogen-bond donors (Lipinski definition) is 2. The van der Waals surface area contributed by atoms with E-state index in [-0.39, 0.29) is 11.2 Å². The van der Waals surface area contributed by atoms with Gasteiger partial charge < -0.3 is 10.2 Å². The average Bonchev–Trinajstić information content (AvgIpc) is 2.09. The number of rotatable bonds is 4. The summed E-state index contributed by atoms with van der Waals surface area (Å²) in [6, 6.07) is 0. The van der Waals surface area contributed by atoms with E-state index in [2.05, 4.69) is 27.7 Å². The van der Waals surface area contributed by atoms with E-state index in [0.29, 0.717) is 11.8 Å². The van der Waals surface area contributed by atoms with Crippen molar-refractivity contribution in [3.8, 4) is 0 Å². The minimum Gasteiger partial charge on any atom is -0.508 e. The Morgan fingerprint density at radius 1 is 1.19 bits per heavy atom. The van der Waals surface area contributed by atoms with Crippen LogP contribution in [-0.2, 0) is 0 Å². The third kappa shape index (κ3) is 3.11. The molecule has 0 heterocycles. The van der Waals surface area contributed by atoms with E-state index in [4.69, 9.17) is 0 Å². The van der Waals surface area contributed by atoms with Crippen molar-refractivity contribution >= 4 is 0 Å². The van der Waals surface area contributed by atoms with Crippen molar-refractivity contribution in [2.24, 2.45) is 17.3 Å². The Balaban J connectivity index is 2.97. The van der Waals surface area contributed by atoms with Gasteiger partial charge in [-0.15, -0.1) is 0 Å². The Bertz CT molecular complexity index is 277. The zero-order chi connectivity index (χ0) is 12.3. The highest BCUT2D eigenvalue weighted by atomic mass is 16.3. The maximum atomic E-state index is 10.2. The summed E-state index contributed by atoms with van der Waals surface area (Å²) in [5.41, 5.74) is -0.291. The smallest absolute Gasteiger partial charge is 0.112 e. The monoisotopic (exact) mass is 224 g/mol. The molecule has 0 saturated heterocycles. The van der Waals surface area contributed by atoms with Crippen molar-refractivity contribution in [1.82, 2.24) is 0 Å². The largest absolute Gasteiger partial charge is 0.508 e. The van der Waals surface area contributed by atoms with Gasteiger partial charge in [-0.25, -0.2) is 0 Å². The van der Waals surface area contributed by atoms with Crippen molar-refractivity contribution < 1.29 is 10.2 Å². The Morgan fingerprint density at radius 3 is 2.12 bits per heavy atom. The maximum Gasteiger partial charge on any atom is 0.112 e.